The molecule has 2 fully saturated rings. The number of furan rings is 2. The number of hydrogen-bond donors (Lipinski definition) is 3. The molecule has 8 nitrogen and oxygen atoms in total. The molecular weight excluding hydrogens is 469 g/mol. The standard InChI is InChI=1S/C21H25F3O8S/c22-14(21(23,24)33(28,29)30)5-10-31-18(25)12-11-13-15(19(26)6-1-2-7-19)16(17(12)32-13)20(27)8-3-4-9-20/h11,14,26-27H,1-10H2,(H,28,29,30). The third-order valence-electron chi connectivity index (χ3n) is 6.78. The number of alkyl halides is 3. The summed E-state index contributed by atoms with van der Waals surface area (Å²) in [6, 6.07) is 1.34. The van der Waals surface area contributed by atoms with E-state index < -0.39 is 51.7 Å². The Morgan fingerprint density at radius 3 is 2.12 bits per heavy atom. The van der Waals surface area contributed by atoms with Crippen LogP contribution < -0.4 is 0 Å². The van der Waals surface area contributed by atoms with Gasteiger partial charge in [-0.15, -0.1) is 0 Å². The lowest BCUT2D eigenvalue weighted by Crippen LogP contribution is -2.39. The van der Waals surface area contributed by atoms with Gasteiger partial charge >= 0.3 is 21.3 Å². The number of fused-ring (bicyclic) bond motifs is 2. The van der Waals surface area contributed by atoms with Crippen molar-refractivity contribution < 1.29 is 50.3 Å². The topological polar surface area (TPSA) is 134 Å². The van der Waals surface area contributed by atoms with E-state index in [9.17, 15) is 36.6 Å². The number of hydrogen-bond acceptors (Lipinski definition) is 7. The molecule has 0 spiro atoms. The number of ether oxygens (including phenoxy) is 1. The molecular formula is C21H25F3O8S. The molecule has 1 atom stereocenters. The zero-order valence-electron chi connectivity index (χ0n) is 17.7. The van der Waals surface area contributed by atoms with Crippen molar-refractivity contribution in [2.75, 3.05) is 6.61 Å². The molecule has 4 rings (SSSR count). The number of esters is 1. The zero-order chi connectivity index (χ0) is 24.2. The average Bonchev–Trinajstić information content (AvgIpc) is 3.50. The lowest BCUT2D eigenvalue weighted by molar-refractivity contribution is -0.0163. The molecule has 0 saturated heterocycles. The molecule has 12 heteroatoms. The number of halogens is 3. The molecule has 2 bridgehead atoms. The van der Waals surface area contributed by atoms with E-state index in [1.807, 2.05) is 0 Å². The Morgan fingerprint density at radius 1 is 1.09 bits per heavy atom. The van der Waals surface area contributed by atoms with Gasteiger partial charge < -0.3 is 19.4 Å². The van der Waals surface area contributed by atoms with Crippen LogP contribution in [-0.2, 0) is 26.1 Å². The first kappa shape index (κ1) is 24.2. The molecule has 2 aliphatic rings. The van der Waals surface area contributed by atoms with Crippen molar-refractivity contribution >= 4 is 27.3 Å². The van der Waals surface area contributed by atoms with Crippen LogP contribution in [0.25, 0.3) is 11.2 Å². The number of benzene rings is 1. The quantitative estimate of drug-likeness (QED) is 0.373. The number of rotatable bonds is 8. The SMILES string of the molecule is O=C(OCCC(F)C(F)(F)S(=O)(=O)O)c1cc2oc1c(C1(O)CCCC1)c2C1(O)CCCC1. The summed E-state index contributed by atoms with van der Waals surface area (Å²) < 4.78 is 80.6. The molecule has 2 aromatic heterocycles. The summed E-state index contributed by atoms with van der Waals surface area (Å²) in [4.78, 5) is 12.6. The first-order chi connectivity index (χ1) is 15.3. The molecule has 2 heterocycles. The fourth-order valence-corrected chi connectivity index (χ4v) is 5.52. The highest BCUT2D eigenvalue weighted by Gasteiger charge is 2.52. The maximum atomic E-state index is 13.6. The van der Waals surface area contributed by atoms with Gasteiger partial charge in [0, 0.05) is 17.5 Å². The van der Waals surface area contributed by atoms with Crippen LogP contribution >= 0.6 is 0 Å². The lowest BCUT2D eigenvalue weighted by atomic mass is 9.79. The Morgan fingerprint density at radius 2 is 1.61 bits per heavy atom. The van der Waals surface area contributed by atoms with Gasteiger partial charge in [0.2, 0.25) is 0 Å². The summed E-state index contributed by atoms with van der Waals surface area (Å²) in [6.07, 6.45) is 0.427. The van der Waals surface area contributed by atoms with E-state index in [0.717, 1.165) is 25.7 Å². The van der Waals surface area contributed by atoms with Gasteiger partial charge in [0.05, 0.1) is 17.8 Å². The van der Waals surface area contributed by atoms with Gasteiger partial charge in [-0.25, -0.2) is 9.18 Å². The van der Waals surface area contributed by atoms with Crippen molar-refractivity contribution in [1.82, 2.24) is 0 Å². The molecule has 0 radical (unpaired) electrons. The highest BCUT2D eigenvalue weighted by Crippen LogP contribution is 2.53. The van der Waals surface area contributed by atoms with Crippen molar-refractivity contribution in [3.8, 4) is 0 Å². The largest absolute Gasteiger partial charge is 0.462 e. The first-order valence-electron chi connectivity index (χ1n) is 10.8. The monoisotopic (exact) mass is 494 g/mol. The van der Waals surface area contributed by atoms with Gasteiger partial charge in [0.25, 0.3) is 0 Å². The Bertz CT molecular complexity index is 1130. The van der Waals surface area contributed by atoms with Gasteiger partial charge in [-0.1, -0.05) is 25.7 Å². The first-order valence-corrected chi connectivity index (χ1v) is 12.2. The Kier molecular flexibility index (Phi) is 5.95. The van der Waals surface area contributed by atoms with Crippen molar-refractivity contribution in [3.05, 3.63) is 22.8 Å². The van der Waals surface area contributed by atoms with Gasteiger partial charge in [0.1, 0.15) is 16.7 Å². The molecule has 3 N–H and O–H groups in total. The fraction of sp³-hybridized carbons (Fsp3) is 0.667. The third kappa shape index (κ3) is 4.00. The second-order valence-electron chi connectivity index (χ2n) is 9.01. The summed E-state index contributed by atoms with van der Waals surface area (Å²) >= 11 is 0. The highest BCUT2D eigenvalue weighted by atomic mass is 32.2. The summed E-state index contributed by atoms with van der Waals surface area (Å²) in [5.74, 6) is -1.03. The van der Waals surface area contributed by atoms with Crippen LogP contribution in [0.1, 0.15) is 79.3 Å². The minimum absolute atomic E-state index is 0.0368. The smallest absolute Gasteiger partial charge is 0.400 e. The molecule has 0 aromatic carbocycles. The van der Waals surface area contributed by atoms with Crippen LogP contribution in [0.15, 0.2) is 10.5 Å². The molecule has 1 unspecified atom stereocenters. The molecule has 0 aliphatic heterocycles. The molecule has 2 aliphatic carbocycles. The lowest BCUT2D eigenvalue weighted by Gasteiger charge is -2.30. The third-order valence-corrected chi connectivity index (χ3v) is 7.72. The van der Waals surface area contributed by atoms with Crippen LogP contribution in [0, 0.1) is 0 Å². The second-order valence-corrected chi connectivity index (χ2v) is 10.5. The number of carbonyl (C=O) groups is 1. The summed E-state index contributed by atoms with van der Waals surface area (Å²) in [6.45, 7) is -0.884. The fourth-order valence-electron chi connectivity index (χ4n) is 5.08. The normalized spacial score (nSPS) is 21.6. The number of aliphatic hydroxyl groups is 2. The number of carbonyl (C=O) groups excluding carboxylic acids is 1. The predicted octanol–water partition coefficient (Wildman–Crippen LogP) is 3.76. The van der Waals surface area contributed by atoms with Crippen molar-refractivity contribution in [3.63, 3.8) is 0 Å². The summed E-state index contributed by atoms with van der Waals surface area (Å²) in [5.41, 5.74) is -1.52. The molecule has 33 heavy (non-hydrogen) atoms. The van der Waals surface area contributed by atoms with Gasteiger partial charge in [0.15, 0.2) is 6.17 Å². The van der Waals surface area contributed by atoms with Crippen molar-refractivity contribution in [2.45, 2.75) is 80.4 Å². The van der Waals surface area contributed by atoms with E-state index >= 15 is 0 Å². The van der Waals surface area contributed by atoms with E-state index in [1.165, 1.54) is 6.07 Å². The molecule has 0 amide bonds. The van der Waals surface area contributed by atoms with Crippen molar-refractivity contribution in [2.24, 2.45) is 0 Å². The van der Waals surface area contributed by atoms with Gasteiger partial charge in [-0.05, 0) is 31.7 Å². The van der Waals surface area contributed by atoms with Gasteiger partial charge in [-0.2, -0.15) is 17.2 Å². The minimum Gasteiger partial charge on any atom is -0.462 e. The average molecular weight is 494 g/mol. The van der Waals surface area contributed by atoms with Crippen LogP contribution in [-0.4, -0.2) is 47.2 Å². The zero-order valence-corrected chi connectivity index (χ0v) is 18.5. The summed E-state index contributed by atoms with van der Waals surface area (Å²) in [5, 5.41) is 17.5. The second kappa shape index (κ2) is 8.10. The van der Waals surface area contributed by atoms with Crippen LogP contribution in [0.4, 0.5) is 13.2 Å². The minimum atomic E-state index is -5.96. The Hall–Kier alpha value is -1.89. The molecule has 184 valence electrons. The Balaban J connectivity index is 1.58. The van der Waals surface area contributed by atoms with Crippen LogP contribution in [0.2, 0.25) is 0 Å². The molecule has 2 aromatic rings. The van der Waals surface area contributed by atoms with E-state index in [4.69, 9.17) is 13.7 Å². The Labute approximate surface area is 187 Å². The summed E-state index contributed by atoms with van der Waals surface area (Å²) in [7, 11) is -5.96. The highest BCUT2D eigenvalue weighted by molar-refractivity contribution is 7.86. The predicted molar refractivity (Wildman–Crippen MR) is 108 cm³/mol. The van der Waals surface area contributed by atoms with E-state index in [1.54, 1.807) is 0 Å². The van der Waals surface area contributed by atoms with E-state index in [-0.39, 0.29) is 16.7 Å². The van der Waals surface area contributed by atoms with E-state index in [0.29, 0.717) is 36.8 Å². The van der Waals surface area contributed by atoms with E-state index in [2.05, 4.69) is 0 Å². The van der Waals surface area contributed by atoms with Crippen LogP contribution in [0.3, 0.4) is 0 Å². The molecule has 2 saturated carbocycles. The van der Waals surface area contributed by atoms with Gasteiger partial charge in [-0.3, -0.25) is 4.55 Å². The van der Waals surface area contributed by atoms with Crippen molar-refractivity contribution in [1.29, 1.82) is 0 Å². The maximum Gasteiger partial charge on any atom is 0.400 e. The van der Waals surface area contributed by atoms with Crippen LogP contribution in [0.5, 0.6) is 0 Å². The maximum absolute atomic E-state index is 13.6.